The van der Waals surface area contributed by atoms with Crippen molar-refractivity contribution in [2.45, 2.75) is 7.43 Å². The molecule has 5 aliphatic heterocycles. The summed E-state index contributed by atoms with van der Waals surface area (Å²) < 4.78 is 0. The minimum atomic E-state index is -0.833. The summed E-state index contributed by atoms with van der Waals surface area (Å²) in [6, 6.07) is 0.215. The van der Waals surface area contributed by atoms with Gasteiger partial charge in [-0.15, -0.1) is 24.0 Å². The van der Waals surface area contributed by atoms with E-state index in [9.17, 15) is 24.0 Å². The number of nitrogens with zero attached hydrogens (tertiary/aromatic N) is 5. The summed E-state index contributed by atoms with van der Waals surface area (Å²) in [5.41, 5.74) is 0. The van der Waals surface area contributed by atoms with Gasteiger partial charge >= 0.3 is 89.3 Å². The molecule has 0 saturated carbocycles. The maximum absolute atomic E-state index is 11.3. The quantitative estimate of drug-likeness (QED) is 0.0161. The number of carbonyl (C=O) groups excluding carboxylic acids is 5. The van der Waals surface area contributed by atoms with Crippen LogP contribution in [0.25, 0.3) is 0 Å². The monoisotopic (exact) mass is 1130 g/mol. The second-order valence-electron chi connectivity index (χ2n) is 10.2. The van der Waals surface area contributed by atoms with Crippen LogP contribution in [0.3, 0.4) is 0 Å². The van der Waals surface area contributed by atoms with E-state index in [2.05, 4.69) is 63.0 Å². The molecule has 0 bridgehead atoms. The molecule has 0 aromatic heterocycles. The zero-order chi connectivity index (χ0) is 37.9. The topological polar surface area (TPSA) is 162 Å². The van der Waals surface area contributed by atoms with Crippen molar-refractivity contribution in [3.8, 4) is 0 Å². The normalized spacial score (nSPS) is 15.6. The van der Waals surface area contributed by atoms with Crippen LogP contribution < -0.4 is 98.1 Å². The van der Waals surface area contributed by atoms with Crippen molar-refractivity contribution < 1.29 is 95.5 Å². The number of urea groups is 5. The number of hydrogen-bond acceptors (Lipinski definition) is 13. The summed E-state index contributed by atoms with van der Waals surface area (Å²) in [6.07, 6.45) is 0. The van der Waals surface area contributed by atoms with Crippen molar-refractivity contribution in [3.63, 3.8) is 0 Å². The molecule has 0 atom stereocenters. The summed E-state index contributed by atoms with van der Waals surface area (Å²) in [5, 5.41) is 13.7. The van der Waals surface area contributed by atoms with Gasteiger partial charge in [0.2, 0.25) is 0 Å². The van der Waals surface area contributed by atoms with E-state index in [1.807, 2.05) is 9.80 Å². The Morgan fingerprint density at radius 2 is 0.810 bits per heavy atom. The van der Waals surface area contributed by atoms with Gasteiger partial charge in [-0.3, -0.25) is 0 Å². The Labute approximate surface area is 462 Å². The Morgan fingerprint density at radius 1 is 0.586 bits per heavy atom. The molecule has 0 spiro atoms. The summed E-state index contributed by atoms with van der Waals surface area (Å²) in [6.45, 7) is 11.8. The predicted molar refractivity (Wildman–Crippen MR) is 263 cm³/mol. The number of alkyl halides is 1. The van der Waals surface area contributed by atoms with Crippen LogP contribution in [0.15, 0.2) is 0 Å². The van der Waals surface area contributed by atoms with Gasteiger partial charge in [-0.05, 0) is 52.2 Å². The van der Waals surface area contributed by atoms with Crippen LogP contribution in [-0.4, -0.2) is 182 Å². The first-order chi connectivity index (χ1) is 24.5. The number of rotatable bonds is 15. The van der Waals surface area contributed by atoms with Gasteiger partial charge < -0.3 is 77.0 Å². The summed E-state index contributed by atoms with van der Waals surface area (Å²) in [4.78, 5) is 63.7. The molecule has 5 saturated heterocycles. The minimum absolute atomic E-state index is 0. The fourth-order valence-corrected chi connectivity index (χ4v) is 11.0. The van der Waals surface area contributed by atoms with E-state index in [0.29, 0.717) is 12.4 Å². The van der Waals surface area contributed by atoms with Gasteiger partial charge in [-0.2, -0.15) is 38.8 Å². The predicted octanol–water partition coefficient (Wildman–Crippen LogP) is -4.87. The van der Waals surface area contributed by atoms with E-state index in [0.717, 1.165) is 115 Å². The average molecular weight is 1130 g/mol. The van der Waals surface area contributed by atoms with Crippen molar-refractivity contribution in [1.82, 2.24) is 51.1 Å². The zero-order valence-electron chi connectivity index (χ0n) is 31.6. The largest absolute Gasteiger partial charge is 1.00 e. The molecule has 5 aliphatic rings. The van der Waals surface area contributed by atoms with Gasteiger partial charge in [0.15, 0.2) is 0 Å². The molecule has 0 aromatic rings. The van der Waals surface area contributed by atoms with E-state index in [4.69, 9.17) is 33.0 Å². The molecule has 5 rings (SSSR count). The molecular formula is C26H55Cl5N10Na2O5S10. The van der Waals surface area contributed by atoms with Crippen molar-refractivity contribution in [3.05, 3.63) is 0 Å². The third-order valence-electron chi connectivity index (χ3n) is 6.83. The summed E-state index contributed by atoms with van der Waals surface area (Å²) in [5.74, 6) is 3.90. The molecule has 15 nitrogen and oxygen atoms in total. The molecule has 10 amide bonds. The van der Waals surface area contributed by atoms with E-state index >= 15 is 0 Å². The molecule has 5 heterocycles. The number of hydrogen-bond donors (Lipinski definition) is 7. The average Bonchev–Trinajstić information content (AvgIpc) is 3.94. The third kappa shape index (κ3) is 37.4. The van der Waals surface area contributed by atoms with Crippen LogP contribution >= 0.6 is 125 Å². The number of nitrogens with one attached hydrogen (secondary N) is 5. The van der Waals surface area contributed by atoms with E-state index in [1.165, 1.54) is 0 Å². The van der Waals surface area contributed by atoms with Gasteiger partial charge in [-0.1, -0.05) is 29.0 Å². The smallest absolute Gasteiger partial charge is 1.00 e. The molecule has 58 heavy (non-hydrogen) atoms. The van der Waals surface area contributed by atoms with Crippen molar-refractivity contribution >= 4 is 188 Å². The summed E-state index contributed by atoms with van der Waals surface area (Å²) >= 11 is 17.6. The number of carbonyl (C=O) groups is 5. The second kappa shape index (κ2) is 49.6. The Hall–Kier alpha value is 3.17. The Morgan fingerprint density at radius 3 is 1.00 bits per heavy atom. The van der Waals surface area contributed by atoms with Gasteiger partial charge in [0.1, 0.15) is 0 Å². The molecule has 5 N–H and O–H groups in total. The van der Waals surface area contributed by atoms with E-state index < -0.39 is 7.88 Å². The molecule has 0 radical (unpaired) electrons. The van der Waals surface area contributed by atoms with Crippen LogP contribution in [0.4, 0.5) is 24.0 Å². The van der Waals surface area contributed by atoms with Gasteiger partial charge in [-0.25, -0.2) is 24.0 Å². The first-order valence-corrected chi connectivity index (χ1v) is 26.5. The maximum atomic E-state index is 11.3. The Bertz CT molecular complexity index is 1010. The molecule has 336 valence electrons. The molecule has 0 aromatic carbocycles. The Kier molecular flexibility index (Phi) is 64.5. The molecule has 0 aliphatic carbocycles. The first-order valence-electron chi connectivity index (χ1n) is 15.8. The van der Waals surface area contributed by atoms with Crippen molar-refractivity contribution in [1.29, 1.82) is 0 Å². The molecule has 5 fully saturated rings. The number of amides is 10. The third-order valence-corrected chi connectivity index (χ3v) is 13.8. The van der Waals surface area contributed by atoms with Crippen molar-refractivity contribution in [2.75, 3.05) is 127 Å². The number of thiol groups is 3. The van der Waals surface area contributed by atoms with Gasteiger partial charge in [0.05, 0.1) is 7.88 Å². The minimum Gasteiger partial charge on any atom is -1.00 e. The second-order valence-corrected chi connectivity index (χ2v) is 22.5. The van der Waals surface area contributed by atoms with E-state index in [-0.39, 0.29) is 149 Å². The van der Waals surface area contributed by atoms with Crippen LogP contribution in [-0.2, 0) is 32.6 Å². The number of halogens is 5. The maximum Gasteiger partial charge on any atom is 1.00 e. The van der Waals surface area contributed by atoms with Crippen molar-refractivity contribution in [2.24, 2.45) is 0 Å². The Balaban J connectivity index is -0.000000118. The van der Waals surface area contributed by atoms with Crippen LogP contribution in [0.2, 0.25) is 0 Å². The molecule has 0 unspecified atom stereocenters. The SMILES string of the molecule is C.Cl.O=C1NCCN1CCCl.O=C1NCCN1CCS.O=C1NCCN1CCS.O=C1NCCN1CCSSSSCCN1CCNC1=O.S.S=S(Cl)Cl.[Cl-].[Na+].[Na+].[SH-]. The standard InChI is InChI=1S/C10H18N4O2S4.C5H9ClN2O.2C5H10N2OS.CH4.Cl2S2.2ClH.2Na.2H2S/c15-9-11-1-3-13(9)5-7-17-19-20-18-8-6-14-4-2-12-10(14)16;6-1-3-8-4-2-7-5(8)9;2*8-5-6-1-2-7(5)3-4-9;;1-4(2)3;;;;;;/h1-8H2,(H,11,15)(H,12,16);1-4H2,(H,7,9);2*9H,1-4H2,(H,6,8);1H4;;2*1H;;;2*1H2/q;;;;;;;;2*+1;;/p-2. The van der Waals surface area contributed by atoms with Crippen LogP contribution in [0.5, 0.6) is 0 Å². The van der Waals surface area contributed by atoms with Gasteiger partial charge in [0.25, 0.3) is 0 Å². The fraction of sp³-hybridized carbons (Fsp3) is 0.808. The fourth-order valence-electron chi connectivity index (χ4n) is 4.37. The van der Waals surface area contributed by atoms with Crippen LogP contribution in [0.1, 0.15) is 7.43 Å². The van der Waals surface area contributed by atoms with Crippen LogP contribution in [0, 0.1) is 0 Å². The zero-order valence-corrected chi connectivity index (χ0v) is 48.1. The van der Waals surface area contributed by atoms with Gasteiger partial charge in [0, 0.05) is 127 Å². The van der Waals surface area contributed by atoms with E-state index in [1.54, 1.807) is 55.9 Å². The molecule has 32 heteroatoms. The molecular weight excluding hydrogens is 1080 g/mol. The summed E-state index contributed by atoms with van der Waals surface area (Å²) in [7, 11) is 16.0. The first kappa shape index (κ1) is 75.5.